The molecule has 106 valence electrons. The van der Waals surface area contributed by atoms with E-state index in [9.17, 15) is 18.0 Å². The smallest absolute Gasteiger partial charge is 0.406 e. The fourth-order valence-electron chi connectivity index (χ4n) is 1.71. The van der Waals surface area contributed by atoms with Gasteiger partial charge in [0.2, 0.25) is 5.78 Å². The molecule has 1 aromatic carbocycles. The number of hydrogen-bond acceptors (Lipinski definition) is 3. The van der Waals surface area contributed by atoms with E-state index >= 15 is 0 Å². The maximum atomic E-state index is 12.1. The van der Waals surface area contributed by atoms with Crippen molar-refractivity contribution in [2.45, 2.75) is 19.8 Å². The predicted molar refractivity (Wildman–Crippen MR) is 64.5 cm³/mol. The van der Waals surface area contributed by atoms with Gasteiger partial charge >= 0.3 is 6.36 Å². The van der Waals surface area contributed by atoms with Crippen LogP contribution in [0.2, 0.25) is 0 Å². The van der Waals surface area contributed by atoms with Crippen LogP contribution in [0.15, 0.2) is 36.7 Å². The summed E-state index contributed by atoms with van der Waals surface area (Å²) in [5.41, 5.74) is 0.250. The molecule has 0 N–H and O–H groups in total. The molecule has 7 heteroatoms. The van der Waals surface area contributed by atoms with Crippen molar-refractivity contribution in [3.05, 3.63) is 48.0 Å². The van der Waals surface area contributed by atoms with Gasteiger partial charge in [-0.1, -0.05) is 0 Å². The lowest BCUT2D eigenvalue weighted by atomic mass is 10.1. The van der Waals surface area contributed by atoms with Gasteiger partial charge in [-0.05, 0) is 31.2 Å². The molecule has 0 spiro atoms. The second-order valence-electron chi connectivity index (χ2n) is 3.94. The van der Waals surface area contributed by atoms with Crippen molar-refractivity contribution < 1.29 is 22.7 Å². The van der Waals surface area contributed by atoms with E-state index in [1.165, 1.54) is 18.3 Å². The lowest BCUT2D eigenvalue weighted by molar-refractivity contribution is -0.274. The molecule has 0 fully saturated rings. The van der Waals surface area contributed by atoms with Gasteiger partial charge in [0.15, 0.2) is 5.82 Å². The normalized spacial score (nSPS) is 11.4. The molecule has 0 saturated heterocycles. The Morgan fingerprint density at radius 3 is 2.50 bits per heavy atom. The third-order valence-electron chi connectivity index (χ3n) is 2.61. The van der Waals surface area contributed by atoms with Crippen molar-refractivity contribution in [3.63, 3.8) is 0 Å². The fourth-order valence-corrected chi connectivity index (χ4v) is 1.71. The van der Waals surface area contributed by atoms with E-state index in [2.05, 4.69) is 9.72 Å². The van der Waals surface area contributed by atoms with Crippen LogP contribution in [0, 0.1) is 0 Å². The number of aromatic nitrogens is 2. The van der Waals surface area contributed by atoms with Crippen molar-refractivity contribution in [2.24, 2.45) is 0 Å². The maximum Gasteiger partial charge on any atom is 0.573 e. The summed E-state index contributed by atoms with van der Waals surface area (Å²) in [7, 11) is 0. The molecule has 2 rings (SSSR count). The Hall–Kier alpha value is -2.31. The number of carbonyl (C=O) groups is 1. The van der Waals surface area contributed by atoms with E-state index < -0.39 is 6.36 Å². The van der Waals surface area contributed by atoms with Gasteiger partial charge in [0.1, 0.15) is 5.75 Å². The lowest BCUT2D eigenvalue weighted by Gasteiger charge is -2.09. The highest BCUT2D eigenvalue weighted by molar-refractivity contribution is 6.06. The van der Waals surface area contributed by atoms with Crippen molar-refractivity contribution >= 4 is 5.78 Å². The molecular weight excluding hydrogens is 273 g/mol. The van der Waals surface area contributed by atoms with E-state index in [4.69, 9.17) is 0 Å². The van der Waals surface area contributed by atoms with Gasteiger partial charge in [-0.3, -0.25) is 4.79 Å². The molecule has 0 saturated carbocycles. The molecule has 1 aromatic heterocycles. The molecule has 0 radical (unpaired) electrons. The summed E-state index contributed by atoms with van der Waals surface area (Å²) in [6, 6.07) is 4.75. The first-order valence-electron chi connectivity index (χ1n) is 5.82. The summed E-state index contributed by atoms with van der Waals surface area (Å²) in [6.07, 6.45) is -1.59. The number of benzene rings is 1. The first-order chi connectivity index (χ1) is 9.40. The van der Waals surface area contributed by atoms with Crippen LogP contribution < -0.4 is 4.74 Å². The van der Waals surface area contributed by atoms with Gasteiger partial charge in [-0.15, -0.1) is 13.2 Å². The number of ether oxygens (including phenoxy) is 1. The van der Waals surface area contributed by atoms with Crippen LogP contribution in [-0.4, -0.2) is 21.7 Å². The minimum Gasteiger partial charge on any atom is -0.406 e. The maximum absolute atomic E-state index is 12.1. The number of alkyl halides is 3. The van der Waals surface area contributed by atoms with Crippen LogP contribution >= 0.6 is 0 Å². The van der Waals surface area contributed by atoms with Crippen molar-refractivity contribution in [2.75, 3.05) is 0 Å². The summed E-state index contributed by atoms with van der Waals surface area (Å²) < 4.78 is 41.5. The summed E-state index contributed by atoms with van der Waals surface area (Å²) >= 11 is 0. The van der Waals surface area contributed by atoms with Gasteiger partial charge in [0.05, 0.1) is 0 Å². The van der Waals surface area contributed by atoms with Crippen LogP contribution in [0.5, 0.6) is 5.75 Å². The van der Waals surface area contributed by atoms with Crippen molar-refractivity contribution in [3.8, 4) is 5.75 Å². The van der Waals surface area contributed by atoms with Crippen LogP contribution in [0.1, 0.15) is 23.1 Å². The number of aryl methyl sites for hydroxylation is 1. The van der Waals surface area contributed by atoms with E-state index in [0.717, 1.165) is 12.1 Å². The number of nitrogens with zero attached hydrogens (tertiary/aromatic N) is 2. The molecule has 4 nitrogen and oxygen atoms in total. The largest absolute Gasteiger partial charge is 0.573 e. The van der Waals surface area contributed by atoms with Crippen LogP contribution in [0.25, 0.3) is 0 Å². The summed E-state index contributed by atoms with van der Waals surface area (Å²) in [5.74, 6) is -0.472. The zero-order valence-electron chi connectivity index (χ0n) is 10.5. The Labute approximate surface area is 112 Å². The van der Waals surface area contributed by atoms with Crippen molar-refractivity contribution in [1.82, 2.24) is 9.55 Å². The minimum atomic E-state index is -4.75. The Kier molecular flexibility index (Phi) is 3.78. The Morgan fingerprint density at radius 2 is 1.95 bits per heavy atom. The standard InChI is InChI=1S/C13H11F3N2O2/c1-2-18-8-7-17-12(18)11(19)9-3-5-10(6-4-9)20-13(14,15)16/h3-8H,2H2,1H3. The van der Waals surface area contributed by atoms with Gasteiger partial charge in [-0.25, -0.2) is 4.98 Å². The third kappa shape index (κ3) is 3.17. The van der Waals surface area contributed by atoms with E-state index in [1.54, 1.807) is 10.8 Å². The molecule has 20 heavy (non-hydrogen) atoms. The Balaban J connectivity index is 2.20. The predicted octanol–water partition coefficient (Wildman–Crippen LogP) is 3.03. The molecule has 0 aliphatic rings. The Bertz CT molecular complexity index is 603. The summed E-state index contributed by atoms with van der Waals surface area (Å²) in [6.45, 7) is 2.44. The molecule has 2 aromatic rings. The fraction of sp³-hybridized carbons (Fsp3) is 0.231. The second kappa shape index (κ2) is 5.36. The number of imidazole rings is 1. The number of halogens is 3. The molecule has 0 aliphatic carbocycles. The molecule has 0 unspecified atom stereocenters. The average Bonchev–Trinajstić information content (AvgIpc) is 2.85. The van der Waals surface area contributed by atoms with Gasteiger partial charge < -0.3 is 9.30 Å². The van der Waals surface area contributed by atoms with Crippen LogP contribution in [0.4, 0.5) is 13.2 Å². The first-order valence-corrected chi connectivity index (χ1v) is 5.82. The number of hydrogen-bond donors (Lipinski definition) is 0. The first kappa shape index (κ1) is 14.1. The topological polar surface area (TPSA) is 44.1 Å². The third-order valence-corrected chi connectivity index (χ3v) is 2.61. The van der Waals surface area contributed by atoms with E-state index in [-0.39, 0.29) is 22.9 Å². The highest BCUT2D eigenvalue weighted by Gasteiger charge is 2.31. The SMILES string of the molecule is CCn1ccnc1C(=O)c1ccc(OC(F)(F)F)cc1. The molecule has 0 atom stereocenters. The summed E-state index contributed by atoms with van der Waals surface area (Å²) in [5, 5.41) is 0. The molecule has 1 heterocycles. The van der Waals surface area contributed by atoms with Gasteiger partial charge in [0.25, 0.3) is 0 Å². The van der Waals surface area contributed by atoms with Gasteiger partial charge in [-0.2, -0.15) is 0 Å². The lowest BCUT2D eigenvalue weighted by Crippen LogP contribution is -2.17. The zero-order chi connectivity index (χ0) is 14.8. The summed E-state index contributed by atoms with van der Waals surface area (Å²) in [4.78, 5) is 16.1. The molecular formula is C13H11F3N2O2. The second-order valence-corrected chi connectivity index (χ2v) is 3.94. The minimum absolute atomic E-state index is 0.247. The Morgan fingerprint density at radius 1 is 1.30 bits per heavy atom. The van der Waals surface area contributed by atoms with Crippen LogP contribution in [0.3, 0.4) is 0 Å². The monoisotopic (exact) mass is 284 g/mol. The number of rotatable bonds is 4. The quantitative estimate of drug-likeness (QED) is 0.811. The molecule has 0 bridgehead atoms. The average molecular weight is 284 g/mol. The van der Waals surface area contributed by atoms with Crippen LogP contribution in [-0.2, 0) is 6.54 Å². The molecule has 0 aliphatic heterocycles. The zero-order valence-corrected chi connectivity index (χ0v) is 10.5. The van der Waals surface area contributed by atoms with E-state index in [0.29, 0.717) is 6.54 Å². The highest BCUT2D eigenvalue weighted by atomic mass is 19.4. The molecule has 0 amide bonds. The van der Waals surface area contributed by atoms with Gasteiger partial charge in [0, 0.05) is 24.5 Å². The highest BCUT2D eigenvalue weighted by Crippen LogP contribution is 2.23. The van der Waals surface area contributed by atoms with Crippen molar-refractivity contribution in [1.29, 1.82) is 0 Å². The van der Waals surface area contributed by atoms with E-state index in [1.807, 2.05) is 6.92 Å². The number of carbonyl (C=O) groups excluding carboxylic acids is 1. The number of ketones is 1.